The summed E-state index contributed by atoms with van der Waals surface area (Å²) in [5.41, 5.74) is 2.61. The van der Waals surface area contributed by atoms with E-state index in [1.165, 1.54) is 16.0 Å². The molecule has 78 valence electrons. The summed E-state index contributed by atoms with van der Waals surface area (Å²) in [4.78, 5) is 1.28. The summed E-state index contributed by atoms with van der Waals surface area (Å²) < 4.78 is 0. The van der Waals surface area contributed by atoms with E-state index < -0.39 is 0 Å². The van der Waals surface area contributed by atoms with E-state index >= 15 is 0 Å². The molecule has 0 aliphatic carbocycles. The van der Waals surface area contributed by atoms with Crippen LogP contribution in [0.25, 0.3) is 0 Å². The van der Waals surface area contributed by atoms with Gasteiger partial charge in [0, 0.05) is 16.7 Å². The van der Waals surface area contributed by atoms with Gasteiger partial charge in [-0.25, -0.2) is 0 Å². The fourth-order valence-corrected chi connectivity index (χ4v) is 2.64. The zero-order valence-electron chi connectivity index (χ0n) is 8.22. The van der Waals surface area contributed by atoms with Crippen LogP contribution in [0, 0.1) is 0 Å². The van der Waals surface area contributed by atoms with Crippen molar-refractivity contribution in [2.24, 2.45) is 0 Å². The van der Waals surface area contributed by atoms with Gasteiger partial charge < -0.3 is 0 Å². The van der Waals surface area contributed by atoms with Crippen LogP contribution in [0.5, 0.6) is 0 Å². The Bertz CT molecular complexity index is 287. The molecule has 1 aromatic rings. The van der Waals surface area contributed by atoms with Crippen LogP contribution < -0.4 is 0 Å². The van der Waals surface area contributed by atoms with Crippen molar-refractivity contribution in [3.63, 3.8) is 0 Å². The maximum Gasteiger partial charge on any atom is 0.0487 e. The second-order valence-corrected chi connectivity index (χ2v) is 4.52. The molecule has 0 fully saturated rings. The summed E-state index contributed by atoms with van der Waals surface area (Å²) in [7, 11) is 0. The number of aryl methyl sites for hydroxylation is 1. The molecule has 0 N–H and O–H groups in total. The summed E-state index contributed by atoms with van der Waals surface area (Å²) in [6.45, 7) is 0. The number of hydrogen-bond donors (Lipinski definition) is 0. The second-order valence-electron chi connectivity index (χ2n) is 3.02. The number of rotatable bonds is 5. The molecule has 3 heteroatoms. The molecule has 0 unspecified atom stereocenters. The zero-order chi connectivity index (χ0) is 10.4. The molecule has 0 aliphatic rings. The van der Waals surface area contributed by atoms with Crippen molar-refractivity contribution in [3.05, 3.63) is 29.3 Å². The van der Waals surface area contributed by atoms with Crippen LogP contribution in [0.2, 0.25) is 0 Å². The minimum Gasteiger partial charge on any atom is -0.129 e. The molecule has 0 atom stereocenters. The van der Waals surface area contributed by atoms with Crippen LogP contribution in [0.1, 0.15) is 17.5 Å². The quantitative estimate of drug-likeness (QED) is 0.553. The molecule has 0 heterocycles. The first kappa shape index (κ1) is 12.2. The number of halogens is 2. The molecule has 0 bridgehead atoms. The molecular formula is C11H14Cl2S. The van der Waals surface area contributed by atoms with Crippen molar-refractivity contribution in [1.29, 1.82) is 0 Å². The van der Waals surface area contributed by atoms with E-state index in [0.717, 1.165) is 12.8 Å². The van der Waals surface area contributed by atoms with Gasteiger partial charge in [0.2, 0.25) is 0 Å². The lowest BCUT2D eigenvalue weighted by atomic mass is 10.0. The average molecular weight is 249 g/mol. The first-order chi connectivity index (χ1) is 6.83. The Kier molecular flexibility index (Phi) is 5.76. The molecule has 0 saturated heterocycles. The number of alkyl halides is 2. The predicted octanol–water partition coefficient (Wildman–Crippen LogP) is 4.32. The van der Waals surface area contributed by atoms with Gasteiger partial charge in [0.15, 0.2) is 0 Å². The SMILES string of the molecule is CSc1cccc(CCCCl)c1CCl. The van der Waals surface area contributed by atoms with Crippen molar-refractivity contribution in [3.8, 4) is 0 Å². The molecular weight excluding hydrogens is 235 g/mol. The first-order valence-electron chi connectivity index (χ1n) is 4.60. The van der Waals surface area contributed by atoms with Gasteiger partial charge in [-0.1, -0.05) is 12.1 Å². The van der Waals surface area contributed by atoms with Crippen molar-refractivity contribution < 1.29 is 0 Å². The topological polar surface area (TPSA) is 0 Å². The summed E-state index contributed by atoms with van der Waals surface area (Å²) >= 11 is 13.4. The third kappa shape index (κ3) is 3.08. The summed E-state index contributed by atoms with van der Waals surface area (Å²) in [5, 5.41) is 0. The van der Waals surface area contributed by atoms with E-state index in [0.29, 0.717) is 11.8 Å². The van der Waals surface area contributed by atoms with Crippen LogP contribution in [-0.2, 0) is 12.3 Å². The molecule has 0 saturated carbocycles. The molecule has 0 radical (unpaired) electrons. The molecule has 14 heavy (non-hydrogen) atoms. The van der Waals surface area contributed by atoms with E-state index in [-0.39, 0.29) is 0 Å². The number of hydrogen-bond acceptors (Lipinski definition) is 1. The minimum atomic E-state index is 0.592. The summed E-state index contributed by atoms with van der Waals surface area (Å²) in [5.74, 6) is 1.31. The van der Waals surface area contributed by atoms with E-state index in [1.54, 1.807) is 11.8 Å². The van der Waals surface area contributed by atoms with E-state index in [4.69, 9.17) is 23.2 Å². The van der Waals surface area contributed by atoms with Crippen molar-refractivity contribution in [1.82, 2.24) is 0 Å². The van der Waals surface area contributed by atoms with Crippen LogP contribution in [0.4, 0.5) is 0 Å². The molecule has 0 amide bonds. The van der Waals surface area contributed by atoms with Crippen LogP contribution in [0.3, 0.4) is 0 Å². The smallest absolute Gasteiger partial charge is 0.0487 e. The largest absolute Gasteiger partial charge is 0.129 e. The normalized spacial score (nSPS) is 10.5. The third-order valence-electron chi connectivity index (χ3n) is 2.16. The van der Waals surface area contributed by atoms with Crippen LogP contribution >= 0.6 is 35.0 Å². The monoisotopic (exact) mass is 248 g/mol. The Morgan fingerprint density at radius 1 is 1.29 bits per heavy atom. The number of thioether (sulfide) groups is 1. The Labute approximate surface area is 100.0 Å². The van der Waals surface area contributed by atoms with Crippen molar-refractivity contribution in [2.45, 2.75) is 23.6 Å². The van der Waals surface area contributed by atoms with Crippen LogP contribution in [-0.4, -0.2) is 12.1 Å². The maximum atomic E-state index is 5.95. The zero-order valence-corrected chi connectivity index (χ0v) is 10.6. The highest BCUT2D eigenvalue weighted by molar-refractivity contribution is 7.98. The van der Waals surface area contributed by atoms with Crippen LogP contribution in [0.15, 0.2) is 23.1 Å². The van der Waals surface area contributed by atoms with Gasteiger partial charge in [0.25, 0.3) is 0 Å². The lowest BCUT2D eigenvalue weighted by Gasteiger charge is -2.10. The highest BCUT2D eigenvalue weighted by Crippen LogP contribution is 2.26. The summed E-state index contributed by atoms with van der Waals surface area (Å²) in [6, 6.07) is 6.35. The average Bonchev–Trinajstić information content (AvgIpc) is 2.25. The maximum absolute atomic E-state index is 5.95. The first-order valence-corrected chi connectivity index (χ1v) is 6.89. The fraction of sp³-hybridized carbons (Fsp3) is 0.455. The van der Waals surface area contributed by atoms with Gasteiger partial charge in [-0.05, 0) is 36.3 Å². The van der Waals surface area contributed by atoms with Crippen molar-refractivity contribution >= 4 is 35.0 Å². The second kappa shape index (κ2) is 6.60. The van der Waals surface area contributed by atoms with E-state index in [9.17, 15) is 0 Å². The summed E-state index contributed by atoms with van der Waals surface area (Å²) in [6.07, 6.45) is 4.12. The third-order valence-corrected chi connectivity index (χ3v) is 3.52. The van der Waals surface area contributed by atoms with Gasteiger partial charge in [0.1, 0.15) is 0 Å². The standard InChI is InChI=1S/C11H14Cl2S/c1-14-11-6-2-4-9(5-3-7-12)10(11)8-13/h2,4,6H,3,5,7-8H2,1H3. The highest BCUT2D eigenvalue weighted by Gasteiger charge is 2.05. The Morgan fingerprint density at radius 2 is 2.07 bits per heavy atom. The fourth-order valence-electron chi connectivity index (χ4n) is 1.45. The predicted molar refractivity (Wildman–Crippen MR) is 66.8 cm³/mol. The van der Waals surface area contributed by atoms with Crippen molar-refractivity contribution in [2.75, 3.05) is 12.1 Å². The molecule has 1 rings (SSSR count). The van der Waals surface area contributed by atoms with Gasteiger partial charge in [-0.2, -0.15) is 0 Å². The van der Waals surface area contributed by atoms with Gasteiger partial charge in [0.05, 0.1) is 0 Å². The van der Waals surface area contributed by atoms with Gasteiger partial charge >= 0.3 is 0 Å². The molecule has 1 aromatic carbocycles. The Balaban J connectivity index is 2.90. The van der Waals surface area contributed by atoms with E-state index in [2.05, 4.69) is 24.5 Å². The molecule has 0 aliphatic heterocycles. The minimum absolute atomic E-state index is 0.592. The Hall–Kier alpha value is 0.150. The lowest BCUT2D eigenvalue weighted by Crippen LogP contribution is -1.95. The Morgan fingerprint density at radius 3 is 2.64 bits per heavy atom. The molecule has 0 aromatic heterocycles. The molecule has 0 nitrogen and oxygen atoms in total. The molecule has 0 spiro atoms. The lowest BCUT2D eigenvalue weighted by molar-refractivity contribution is 0.909. The van der Waals surface area contributed by atoms with E-state index in [1.807, 2.05) is 0 Å². The highest BCUT2D eigenvalue weighted by atomic mass is 35.5. The van der Waals surface area contributed by atoms with Gasteiger partial charge in [-0.15, -0.1) is 35.0 Å². The van der Waals surface area contributed by atoms with Gasteiger partial charge in [-0.3, -0.25) is 0 Å². The number of benzene rings is 1.